The summed E-state index contributed by atoms with van der Waals surface area (Å²) in [5.41, 5.74) is 0.344. The predicted octanol–water partition coefficient (Wildman–Crippen LogP) is 0.923. The molecule has 2 rings (SSSR count). The Balaban J connectivity index is 2.13. The molecule has 1 unspecified atom stereocenters. The first-order chi connectivity index (χ1) is 7.66. The molecule has 1 amide bonds. The van der Waals surface area contributed by atoms with Gasteiger partial charge in [-0.1, -0.05) is 6.07 Å². The lowest BCUT2D eigenvalue weighted by Crippen LogP contribution is -2.49. The zero-order valence-electron chi connectivity index (χ0n) is 8.82. The van der Waals surface area contributed by atoms with Gasteiger partial charge < -0.3 is 10.6 Å². The summed E-state index contributed by atoms with van der Waals surface area (Å²) in [5, 5.41) is 7.54. The summed E-state index contributed by atoms with van der Waals surface area (Å²) >= 11 is 1.37. The molecule has 16 heavy (non-hydrogen) atoms. The Hall–Kier alpha value is -1.62. The summed E-state index contributed by atoms with van der Waals surface area (Å²) in [6, 6.07) is 3.65. The van der Waals surface area contributed by atoms with Crippen LogP contribution in [0.5, 0.6) is 0 Å². The Labute approximate surface area is 97.4 Å². The normalized spacial score (nSPS) is 22.7. The number of carbonyl (C=O) groups is 2. The van der Waals surface area contributed by atoms with Crippen molar-refractivity contribution >= 4 is 23.0 Å². The Kier molecular flexibility index (Phi) is 3.05. The monoisotopic (exact) mass is 236 g/mol. The van der Waals surface area contributed by atoms with Crippen LogP contribution in [0.4, 0.5) is 0 Å². The zero-order valence-corrected chi connectivity index (χ0v) is 9.64. The first kappa shape index (κ1) is 10.9. The van der Waals surface area contributed by atoms with Crippen molar-refractivity contribution in [1.29, 1.82) is 0 Å². The average Bonchev–Trinajstić information content (AvgIpc) is 2.75. The number of thiophene rings is 1. The van der Waals surface area contributed by atoms with Crippen LogP contribution in [0.2, 0.25) is 0 Å². The molecule has 1 aliphatic heterocycles. The summed E-state index contributed by atoms with van der Waals surface area (Å²) in [5.74, 6) is -0.356. The predicted molar refractivity (Wildman–Crippen MR) is 62.3 cm³/mol. The van der Waals surface area contributed by atoms with E-state index in [0.717, 1.165) is 0 Å². The van der Waals surface area contributed by atoms with Crippen molar-refractivity contribution in [2.24, 2.45) is 0 Å². The molecule has 0 aliphatic carbocycles. The maximum Gasteiger partial charge on any atom is 0.267 e. The van der Waals surface area contributed by atoms with Crippen LogP contribution >= 0.6 is 11.3 Å². The number of nitrogens with one attached hydrogen (secondary N) is 2. The number of ketones is 1. The van der Waals surface area contributed by atoms with E-state index in [1.807, 2.05) is 18.4 Å². The van der Waals surface area contributed by atoms with Crippen molar-refractivity contribution in [2.45, 2.75) is 13.0 Å². The maximum absolute atomic E-state index is 11.7. The van der Waals surface area contributed by atoms with Crippen LogP contribution in [-0.2, 0) is 4.79 Å². The van der Waals surface area contributed by atoms with Crippen LogP contribution in [0, 0.1) is 0 Å². The fourth-order valence-corrected chi connectivity index (χ4v) is 2.07. The van der Waals surface area contributed by atoms with Gasteiger partial charge in [0.15, 0.2) is 5.78 Å². The highest BCUT2D eigenvalue weighted by atomic mass is 32.1. The van der Waals surface area contributed by atoms with Crippen molar-refractivity contribution < 1.29 is 9.59 Å². The third-order valence-electron chi connectivity index (χ3n) is 2.26. The molecule has 0 spiro atoms. The van der Waals surface area contributed by atoms with E-state index in [4.69, 9.17) is 0 Å². The summed E-state index contributed by atoms with van der Waals surface area (Å²) < 4.78 is 0. The number of amides is 1. The fraction of sp³-hybridized carbons (Fsp3) is 0.273. The van der Waals surface area contributed by atoms with E-state index in [9.17, 15) is 9.59 Å². The minimum atomic E-state index is -0.219. The Morgan fingerprint density at radius 1 is 1.62 bits per heavy atom. The molecule has 2 N–H and O–H groups in total. The highest BCUT2D eigenvalue weighted by Crippen LogP contribution is 2.11. The van der Waals surface area contributed by atoms with Crippen molar-refractivity contribution in [3.05, 3.63) is 34.2 Å². The molecule has 2 heterocycles. The number of hydrogen-bond acceptors (Lipinski definition) is 4. The lowest BCUT2D eigenvalue weighted by atomic mass is 10.2. The van der Waals surface area contributed by atoms with Gasteiger partial charge in [-0.15, -0.1) is 11.3 Å². The Morgan fingerprint density at radius 3 is 3.06 bits per heavy atom. The highest BCUT2D eigenvalue weighted by Gasteiger charge is 2.19. The fourth-order valence-electron chi connectivity index (χ4n) is 1.43. The Bertz CT molecular complexity index is 437. The molecule has 84 valence electrons. The minimum absolute atomic E-state index is 0.0986. The molecule has 1 saturated heterocycles. The molecule has 0 bridgehead atoms. The summed E-state index contributed by atoms with van der Waals surface area (Å²) in [4.78, 5) is 23.9. The lowest BCUT2D eigenvalue weighted by molar-refractivity contribution is -0.119. The molecule has 5 heteroatoms. The van der Waals surface area contributed by atoms with Crippen molar-refractivity contribution in [3.63, 3.8) is 0 Å². The SMILES string of the molecule is CC1CN/C(=C\C(=O)c2cccs2)C(=O)N1. The largest absolute Gasteiger partial charge is 0.378 e. The molecular formula is C11H12N2O2S. The molecular weight excluding hydrogens is 224 g/mol. The minimum Gasteiger partial charge on any atom is -0.378 e. The first-order valence-electron chi connectivity index (χ1n) is 5.01. The molecule has 1 fully saturated rings. The van der Waals surface area contributed by atoms with Crippen LogP contribution in [0.3, 0.4) is 0 Å². The standard InChI is InChI=1S/C11H12N2O2S/c1-7-6-12-8(11(15)13-7)5-9(14)10-3-2-4-16-10/h2-5,7,12H,6H2,1H3,(H,13,15)/b8-5-. The molecule has 1 aromatic heterocycles. The van der Waals surface area contributed by atoms with Crippen LogP contribution in [0.15, 0.2) is 29.3 Å². The van der Waals surface area contributed by atoms with Gasteiger partial charge in [0.2, 0.25) is 0 Å². The summed E-state index contributed by atoms with van der Waals surface area (Å²) in [7, 11) is 0. The van der Waals surface area contributed by atoms with Gasteiger partial charge in [-0.25, -0.2) is 0 Å². The highest BCUT2D eigenvalue weighted by molar-refractivity contribution is 7.12. The maximum atomic E-state index is 11.7. The first-order valence-corrected chi connectivity index (χ1v) is 5.89. The van der Waals surface area contributed by atoms with Gasteiger partial charge in [0, 0.05) is 18.7 Å². The Morgan fingerprint density at radius 2 is 2.44 bits per heavy atom. The lowest BCUT2D eigenvalue weighted by Gasteiger charge is -2.23. The van der Waals surface area contributed by atoms with Crippen LogP contribution in [0.25, 0.3) is 0 Å². The molecule has 0 aromatic carbocycles. The van der Waals surface area contributed by atoms with Crippen LogP contribution < -0.4 is 10.6 Å². The molecule has 1 aliphatic rings. The van der Waals surface area contributed by atoms with Crippen LogP contribution in [0.1, 0.15) is 16.6 Å². The van der Waals surface area contributed by atoms with E-state index in [1.54, 1.807) is 6.07 Å². The van der Waals surface area contributed by atoms with Gasteiger partial charge >= 0.3 is 0 Å². The number of rotatable bonds is 2. The number of carbonyl (C=O) groups excluding carboxylic acids is 2. The quantitative estimate of drug-likeness (QED) is 0.593. The van der Waals surface area contributed by atoms with Crippen molar-refractivity contribution in [3.8, 4) is 0 Å². The number of piperazine rings is 1. The van der Waals surface area contributed by atoms with Gasteiger partial charge in [0.25, 0.3) is 5.91 Å². The van der Waals surface area contributed by atoms with E-state index < -0.39 is 0 Å². The molecule has 1 atom stereocenters. The molecule has 1 aromatic rings. The third-order valence-corrected chi connectivity index (χ3v) is 3.14. The van der Waals surface area contributed by atoms with Gasteiger partial charge in [-0.05, 0) is 18.4 Å². The number of allylic oxidation sites excluding steroid dienone is 1. The summed E-state index contributed by atoms with van der Waals surface area (Å²) in [6.07, 6.45) is 1.35. The van der Waals surface area contributed by atoms with E-state index in [1.165, 1.54) is 17.4 Å². The van der Waals surface area contributed by atoms with Gasteiger partial charge in [-0.2, -0.15) is 0 Å². The van der Waals surface area contributed by atoms with E-state index >= 15 is 0 Å². The van der Waals surface area contributed by atoms with Crippen molar-refractivity contribution in [2.75, 3.05) is 6.54 Å². The van der Waals surface area contributed by atoms with E-state index in [0.29, 0.717) is 17.1 Å². The average molecular weight is 236 g/mol. The van der Waals surface area contributed by atoms with Gasteiger partial charge in [0.05, 0.1) is 4.88 Å². The molecule has 0 radical (unpaired) electrons. The van der Waals surface area contributed by atoms with Crippen LogP contribution in [-0.4, -0.2) is 24.3 Å². The summed E-state index contributed by atoms with van der Waals surface area (Å²) in [6.45, 7) is 2.55. The van der Waals surface area contributed by atoms with Crippen molar-refractivity contribution in [1.82, 2.24) is 10.6 Å². The third kappa shape index (κ3) is 2.30. The smallest absolute Gasteiger partial charge is 0.267 e. The van der Waals surface area contributed by atoms with Gasteiger partial charge in [-0.3, -0.25) is 9.59 Å². The second kappa shape index (κ2) is 4.49. The van der Waals surface area contributed by atoms with E-state index in [2.05, 4.69) is 10.6 Å². The molecule has 4 nitrogen and oxygen atoms in total. The zero-order chi connectivity index (χ0) is 11.5. The topological polar surface area (TPSA) is 58.2 Å². The van der Waals surface area contributed by atoms with E-state index in [-0.39, 0.29) is 17.7 Å². The van der Waals surface area contributed by atoms with Gasteiger partial charge in [0.1, 0.15) is 5.70 Å². The molecule has 0 saturated carbocycles. The number of hydrogen-bond donors (Lipinski definition) is 2. The second-order valence-electron chi connectivity index (χ2n) is 3.65. The second-order valence-corrected chi connectivity index (χ2v) is 4.60.